The average Bonchev–Trinajstić information content (AvgIpc) is 2.88. The summed E-state index contributed by atoms with van der Waals surface area (Å²) in [5, 5.41) is 4.55. The van der Waals surface area contributed by atoms with Crippen LogP contribution >= 0.6 is 11.6 Å². The average molecular weight is 250 g/mol. The molecule has 2 aromatic rings. The Kier molecular flexibility index (Phi) is 2.16. The molecule has 0 amide bonds. The molecule has 0 radical (unpaired) electrons. The molecule has 0 spiro atoms. The number of halogens is 1. The molecule has 1 aromatic heterocycles. The predicted octanol–water partition coefficient (Wildman–Crippen LogP) is 3.02. The highest BCUT2D eigenvalue weighted by Gasteiger charge is 2.43. The van der Waals surface area contributed by atoms with Crippen molar-refractivity contribution in [2.24, 2.45) is 0 Å². The van der Waals surface area contributed by atoms with Crippen molar-refractivity contribution in [1.82, 2.24) is 10.1 Å². The lowest BCUT2D eigenvalue weighted by Gasteiger charge is -1.99. The van der Waals surface area contributed by atoms with E-state index in [4.69, 9.17) is 21.9 Å². The topological polar surface area (TPSA) is 64.9 Å². The highest BCUT2D eigenvalue weighted by Crippen LogP contribution is 2.46. The molecule has 1 aliphatic carbocycles. The standard InChI is InChI=1S/C12H12ClN3O/c1-12(4-5-12)11-15-10(17-16-11)7-2-3-8(13)9(14)6-7/h2-3,6H,4-5,14H2,1H3. The number of aromatic nitrogens is 2. The van der Waals surface area contributed by atoms with Gasteiger partial charge in [-0.1, -0.05) is 23.7 Å². The zero-order valence-electron chi connectivity index (χ0n) is 9.40. The number of hydrogen-bond donors (Lipinski definition) is 1. The van der Waals surface area contributed by atoms with Crippen molar-refractivity contribution in [2.45, 2.75) is 25.2 Å². The smallest absolute Gasteiger partial charge is 0.258 e. The van der Waals surface area contributed by atoms with Crippen LogP contribution in [0.3, 0.4) is 0 Å². The molecule has 1 fully saturated rings. The van der Waals surface area contributed by atoms with E-state index in [0.29, 0.717) is 16.6 Å². The van der Waals surface area contributed by atoms with Crippen molar-refractivity contribution in [2.75, 3.05) is 5.73 Å². The molecule has 1 aliphatic rings. The number of nitrogen functional groups attached to an aromatic ring is 1. The highest BCUT2D eigenvalue weighted by molar-refractivity contribution is 6.33. The molecule has 1 heterocycles. The summed E-state index contributed by atoms with van der Waals surface area (Å²) in [5.41, 5.74) is 7.17. The summed E-state index contributed by atoms with van der Waals surface area (Å²) < 4.78 is 5.25. The third-order valence-electron chi connectivity index (χ3n) is 3.21. The molecule has 2 N–H and O–H groups in total. The van der Waals surface area contributed by atoms with Gasteiger partial charge in [0.15, 0.2) is 5.82 Å². The Hall–Kier alpha value is -1.55. The van der Waals surface area contributed by atoms with Crippen LogP contribution in [0, 0.1) is 0 Å². The van der Waals surface area contributed by atoms with E-state index in [-0.39, 0.29) is 5.41 Å². The van der Waals surface area contributed by atoms with Crippen LogP contribution in [0.1, 0.15) is 25.6 Å². The summed E-state index contributed by atoms with van der Waals surface area (Å²) in [6.45, 7) is 2.14. The van der Waals surface area contributed by atoms with E-state index in [2.05, 4.69) is 17.1 Å². The van der Waals surface area contributed by atoms with Crippen LogP contribution in [0.5, 0.6) is 0 Å². The fraction of sp³-hybridized carbons (Fsp3) is 0.333. The fourth-order valence-electron chi connectivity index (χ4n) is 1.67. The van der Waals surface area contributed by atoms with Crippen LogP contribution in [0.4, 0.5) is 5.69 Å². The van der Waals surface area contributed by atoms with Crippen LogP contribution in [0.15, 0.2) is 22.7 Å². The molecule has 88 valence electrons. The summed E-state index contributed by atoms with van der Waals surface area (Å²) >= 11 is 5.86. The maximum absolute atomic E-state index is 5.86. The zero-order chi connectivity index (χ0) is 12.0. The molecule has 4 nitrogen and oxygen atoms in total. The second-order valence-electron chi connectivity index (χ2n) is 4.72. The Morgan fingerprint density at radius 2 is 2.18 bits per heavy atom. The van der Waals surface area contributed by atoms with E-state index < -0.39 is 0 Å². The predicted molar refractivity (Wildman–Crippen MR) is 65.7 cm³/mol. The van der Waals surface area contributed by atoms with E-state index in [9.17, 15) is 0 Å². The first-order valence-corrected chi connectivity index (χ1v) is 5.86. The van der Waals surface area contributed by atoms with Crippen LogP contribution < -0.4 is 5.73 Å². The summed E-state index contributed by atoms with van der Waals surface area (Å²) in [5.74, 6) is 1.28. The molecule has 0 unspecified atom stereocenters. The van der Waals surface area contributed by atoms with Crippen molar-refractivity contribution in [3.05, 3.63) is 29.0 Å². The second kappa shape index (κ2) is 3.47. The molecule has 17 heavy (non-hydrogen) atoms. The highest BCUT2D eigenvalue weighted by atomic mass is 35.5. The maximum Gasteiger partial charge on any atom is 0.258 e. The lowest BCUT2D eigenvalue weighted by molar-refractivity contribution is 0.416. The molecule has 0 saturated heterocycles. The van der Waals surface area contributed by atoms with E-state index in [0.717, 1.165) is 24.2 Å². The van der Waals surface area contributed by atoms with Crippen LogP contribution in [-0.4, -0.2) is 10.1 Å². The largest absolute Gasteiger partial charge is 0.398 e. The van der Waals surface area contributed by atoms with E-state index in [1.165, 1.54) is 0 Å². The molecule has 5 heteroatoms. The minimum absolute atomic E-state index is 0.111. The number of nitrogens with two attached hydrogens (primary N) is 1. The maximum atomic E-state index is 5.86. The van der Waals surface area contributed by atoms with Gasteiger partial charge >= 0.3 is 0 Å². The molecular weight excluding hydrogens is 238 g/mol. The van der Waals surface area contributed by atoms with E-state index >= 15 is 0 Å². The first-order valence-electron chi connectivity index (χ1n) is 5.48. The van der Waals surface area contributed by atoms with Gasteiger partial charge in [0, 0.05) is 11.0 Å². The van der Waals surface area contributed by atoms with Crippen LogP contribution in [0.25, 0.3) is 11.5 Å². The van der Waals surface area contributed by atoms with Gasteiger partial charge in [0.25, 0.3) is 5.89 Å². The summed E-state index contributed by atoms with van der Waals surface area (Å²) in [6, 6.07) is 5.30. The molecule has 0 atom stereocenters. The van der Waals surface area contributed by atoms with Gasteiger partial charge < -0.3 is 10.3 Å². The molecule has 1 saturated carbocycles. The minimum atomic E-state index is 0.111. The van der Waals surface area contributed by atoms with Crippen molar-refractivity contribution < 1.29 is 4.52 Å². The summed E-state index contributed by atoms with van der Waals surface area (Å²) in [6.07, 6.45) is 2.24. The van der Waals surface area contributed by atoms with Gasteiger partial charge in [-0.05, 0) is 31.0 Å². The van der Waals surface area contributed by atoms with Crippen LogP contribution in [0.2, 0.25) is 5.02 Å². The fourth-order valence-corrected chi connectivity index (χ4v) is 1.79. The Bertz CT molecular complexity index is 575. The number of anilines is 1. The third kappa shape index (κ3) is 1.78. The molecule has 0 bridgehead atoms. The molecule has 0 aliphatic heterocycles. The van der Waals surface area contributed by atoms with Gasteiger partial charge in [-0.15, -0.1) is 0 Å². The minimum Gasteiger partial charge on any atom is -0.398 e. The van der Waals surface area contributed by atoms with Crippen molar-refractivity contribution in [3.63, 3.8) is 0 Å². The summed E-state index contributed by atoms with van der Waals surface area (Å²) in [4.78, 5) is 4.41. The number of benzene rings is 1. The lowest BCUT2D eigenvalue weighted by atomic mass is 10.1. The number of rotatable bonds is 2. The Morgan fingerprint density at radius 3 is 2.82 bits per heavy atom. The normalized spacial score (nSPS) is 17.1. The second-order valence-corrected chi connectivity index (χ2v) is 5.13. The Labute approximate surface area is 104 Å². The Balaban J connectivity index is 1.98. The quantitative estimate of drug-likeness (QED) is 0.831. The van der Waals surface area contributed by atoms with Crippen LogP contribution in [-0.2, 0) is 5.41 Å². The van der Waals surface area contributed by atoms with E-state index in [1.807, 2.05) is 6.07 Å². The van der Waals surface area contributed by atoms with Gasteiger partial charge in [0.2, 0.25) is 0 Å². The van der Waals surface area contributed by atoms with Gasteiger partial charge in [-0.25, -0.2) is 0 Å². The van der Waals surface area contributed by atoms with E-state index in [1.54, 1.807) is 12.1 Å². The first kappa shape index (κ1) is 10.6. The van der Waals surface area contributed by atoms with Crippen molar-refractivity contribution in [1.29, 1.82) is 0 Å². The monoisotopic (exact) mass is 249 g/mol. The molecular formula is C12H12ClN3O. The zero-order valence-corrected chi connectivity index (χ0v) is 10.2. The number of nitrogens with zero attached hydrogens (tertiary/aromatic N) is 2. The van der Waals surface area contributed by atoms with Gasteiger partial charge in [0.1, 0.15) is 0 Å². The number of hydrogen-bond acceptors (Lipinski definition) is 4. The van der Waals surface area contributed by atoms with Gasteiger partial charge in [-0.3, -0.25) is 0 Å². The molecule has 1 aromatic carbocycles. The SMILES string of the molecule is CC1(c2noc(-c3ccc(Cl)c(N)c3)n2)CC1. The summed E-state index contributed by atoms with van der Waals surface area (Å²) in [7, 11) is 0. The van der Waals surface area contributed by atoms with Gasteiger partial charge in [-0.2, -0.15) is 4.98 Å². The van der Waals surface area contributed by atoms with Crippen molar-refractivity contribution in [3.8, 4) is 11.5 Å². The lowest BCUT2D eigenvalue weighted by Crippen LogP contribution is -2.01. The van der Waals surface area contributed by atoms with Gasteiger partial charge in [0.05, 0.1) is 10.7 Å². The van der Waals surface area contributed by atoms with Crippen molar-refractivity contribution >= 4 is 17.3 Å². The third-order valence-corrected chi connectivity index (χ3v) is 3.55. The Morgan fingerprint density at radius 1 is 1.41 bits per heavy atom. The molecule has 3 rings (SSSR count). The first-order chi connectivity index (χ1) is 8.08.